The number of imide groups is 1. The molecule has 0 aliphatic rings. The molecule has 1 rings (SSSR count). The molecule has 8 heteroatoms. The number of benzene rings is 1. The molecule has 3 amide bonds. The Morgan fingerprint density at radius 2 is 1.83 bits per heavy atom. The summed E-state index contributed by atoms with van der Waals surface area (Å²) in [6.45, 7) is 2.92. The number of amides is 3. The first kappa shape index (κ1) is 18.3. The van der Waals surface area contributed by atoms with Crippen molar-refractivity contribution in [1.29, 1.82) is 0 Å². The van der Waals surface area contributed by atoms with Crippen molar-refractivity contribution in [1.82, 2.24) is 10.6 Å². The van der Waals surface area contributed by atoms with Gasteiger partial charge in [0.2, 0.25) is 0 Å². The topological polar surface area (TPSA) is 103 Å². The lowest BCUT2D eigenvalue weighted by Gasteiger charge is -2.11. The number of urea groups is 1. The summed E-state index contributed by atoms with van der Waals surface area (Å²) in [4.78, 5) is 34.8. The van der Waals surface area contributed by atoms with Crippen LogP contribution in [0.1, 0.15) is 24.2 Å². The van der Waals surface area contributed by atoms with E-state index in [1.54, 1.807) is 19.9 Å². The molecule has 23 heavy (non-hydrogen) atoms. The predicted octanol–water partition coefficient (Wildman–Crippen LogP) is 1.09. The maximum atomic E-state index is 12.0. The Balaban J connectivity index is 2.60. The number of hydrogen-bond donors (Lipinski definition) is 2. The molecule has 0 spiro atoms. The fourth-order valence-corrected chi connectivity index (χ4v) is 1.64. The number of hydrogen-bond acceptors (Lipinski definition) is 6. The fraction of sp³-hybridized carbons (Fsp3) is 0.400. The van der Waals surface area contributed by atoms with Crippen molar-refractivity contribution in [3.05, 3.63) is 23.8 Å². The van der Waals surface area contributed by atoms with Gasteiger partial charge < -0.3 is 19.5 Å². The molecule has 0 aliphatic carbocycles. The molecule has 0 radical (unpaired) electrons. The number of methoxy groups -OCH3 is 2. The standard InChI is InChI=1S/C15H20N2O6/c1-9(2)16-15(20)17-13(18)8-23-14(19)11-6-5-10(21-3)7-12(11)22-4/h5-7,9H,8H2,1-4H3,(H2,16,17,18,20). The van der Waals surface area contributed by atoms with Gasteiger partial charge in [0.1, 0.15) is 17.1 Å². The van der Waals surface area contributed by atoms with Crippen LogP contribution in [0, 0.1) is 0 Å². The summed E-state index contributed by atoms with van der Waals surface area (Å²) in [5, 5.41) is 4.53. The summed E-state index contributed by atoms with van der Waals surface area (Å²) in [6.07, 6.45) is 0. The van der Waals surface area contributed by atoms with Crippen LogP contribution >= 0.6 is 0 Å². The van der Waals surface area contributed by atoms with Crippen LogP contribution in [0.15, 0.2) is 18.2 Å². The average molecular weight is 324 g/mol. The Morgan fingerprint density at radius 1 is 1.13 bits per heavy atom. The van der Waals surface area contributed by atoms with Crippen molar-refractivity contribution < 1.29 is 28.6 Å². The molecule has 126 valence electrons. The first-order valence-electron chi connectivity index (χ1n) is 6.86. The highest BCUT2D eigenvalue weighted by Crippen LogP contribution is 2.25. The van der Waals surface area contributed by atoms with Gasteiger partial charge in [-0.05, 0) is 26.0 Å². The number of esters is 1. The number of nitrogens with one attached hydrogen (secondary N) is 2. The van der Waals surface area contributed by atoms with E-state index in [0.717, 1.165) is 0 Å². The van der Waals surface area contributed by atoms with E-state index < -0.39 is 24.5 Å². The first-order chi connectivity index (χ1) is 10.9. The number of carbonyl (C=O) groups excluding carboxylic acids is 3. The molecular formula is C15H20N2O6. The van der Waals surface area contributed by atoms with Gasteiger partial charge in [-0.3, -0.25) is 10.1 Å². The summed E-state index contributed by atoms with van der Waals surface area (Å²) < 4.78 is 15.0. The van der Waals surface area contributed by atoms with E-state index in [0.29, 0.717) is 5.75 Å². The minimum atomic E-state index is -0.746. The average Bonchev–Trinajstić information content (AvgIpc) is 2.50. The fourth-order valence-electron chi connectivity index (χ4n) is 1.64. The first-order valence-corrected chi connectivity index (χ1v) is 6.86. The van der Waals surface area contributed by atoms with Crippen molar-refractivity contribution >= 4 is 17.9 Å². The highest BCUT2D eigenvalue weighted by atomic mass is 16.5. The Hall–Kier alpha value is -2.77. The Morgan fingerprint density at radius 3 is 2.39 bits per heavy atom. The third kappa shape index (κ3) is 5.85. The van der Waals surface area contributed by atoms with Crippen LogP contribution in [0.2, 0.25) is 0 Å². The van der Waals surface area contributed by atoms with Crippen molar-refractivity contribution in [3.8, 4) is 11.5 Å². The van der Waals surface area contributed by atoms with Crippen LogP contribution in [-0.4, -0.2) is 44.8 Å². The minimum Gasteiger partial charge on any atom is -0.497 e. The van der Waals surface area contributed by atoms with E-state index in [9.17, 15) is 14.4 Å². The third-order valence-corrected chi connectivity index (χ3v) is 2.64. The lowest BCUT2D eigenvalue weighted by molar-refractivity contribution is -0.123. The van der Waals surface area contributed by atoms with Crippen LogP contribution in [0.3, 0.4) is 0 Å². The van der Waals surface area contributed by atoms with E-state index in [2.05, 4.69) is 5.32 Å². The molecule has 0 saturated heterocycles. The Bertz CT molecular complexity index is 585. The second kappa shape index (κ2) is 8.62. The zero-order chi connectivity index (χ0) is 17.4. The van der Waals surface area contributed by atoms with Crippen LogP contribution in [0.5, 0.6) is 11.5 Å². The van der Waals surface area contributed by atoms with E-state index in [-0.39, 0.29) is 17.4 Å². The maximum absolute atomic E-state index is 12.0. The van der Waals surface area contributed by atoms with Crippen molar-refractivity contribution in [2.24, 2.45) is 0 Å². The SMILES string of the molecule is COc1ccc(C(=O)OCC(=O)NC(=O)NC(C)C)c(OC)c1. The van der Waals surface area contributed by atoms with Gasteiger partial charge in [-0.1, -0.05) is 0 Å². The van der Waals surface area contributed by atoms with Gasteiger partial charge in [0.05, 0.1) is 14.2 Å². The molecule has 0 saturated carbocycles. The molecule has 2 N–H and O–H groups in total. The van der Waals surface area contributed by atoms with Crippen LogP contribution in [0.25, 0.3) is 0 Å². The van der Waals surface area contributed by atoms with Crippen LogP contribution in [0.4, 0.5) is 4.79 Å². The minimum absolute atomic E-state index is 0.117. The van der Waals surface area contributed by atoms with E-state index >= 15 is 0 Å². The van der Waals surface area contributed by atoms with Crippen LogP contribution < -0.4 is 20.1 Å². The second-order valence-electron chi connectivity index (χ2n) is 4.82. The quantitative estimate of drug-likeness (QED) is 0.760. The third-order valence-electron chi connectivity index (χ3n) is 2.64. The Labute approximate surface area is 134 Å². The van der Waals surface area contributed by atoms with Crippen LogP contribution in [-0.2, 0) is 9.53 Å². The number of carbonyl (C=O) groups is 3. The predicted molar refractivity (Wildman–Crippen MR) is 81.6 cm³/mol. The van der Waals surface area contributed by atoms with Gasteiger partial charge in [-0.25, -0.2) is 9.59 Å². The zero-order valence-corrected chi connectivity index (χ0v) is 13.5. The van der Waals surface area contributed by atoms with E-state index in [4.69, 9.17) is 14.2 Å². The molecule has 0 aliphatic heterocycles. The van der Waals surface area contributed by atoms with Gasteiger partial charge in [-0.15, -0.1) is 0 Å². The summed E-state index contributed by atoms with van der Waals surface area (Å²) in [5.41, 5.74) is 0.146. The van der Waals surface area contributed by atoms with Crippen molar-refractivity contribution in [3.63, 3.8) is 0 Å². The monoisotopic (exact) mass is 324 g/mol. The zero-order valence-electron chi connectivity index (χ0n) is 13.5. The van der Waals surface area contributed by atoms with Gasteiger partial charge >= 0.3 is 12.0 Å². The molecule has 0 bridgehead atoms. The van der Waals surface area contributed by atoms with Gasteiger partial charge in [0.25, 0.3) is 5.91 Å². The smallest absolute Gasteiger partial charge is 0.342 e. The Kier molecular flexibility index (Phi) is 6.85. The van der Waals surface area contributed by atoms with E-state index in [1.165, 1.54) is 26.4 Å². The highest BCUT2D eigenvalue weighted by Gasteiger charge is 2.17. The normalized spacial score (nSPS) is 9.96. The molecule has 0 heterocycles. The van der Waals surface area contributed by atoms with Gasteiger partial charge in [0.15, 0.2) is 6.61 Å². The molecule has 0 unspecified atom stereocenters. The van der Waals surface area contributed by atoms with Crippen molar-refractivity contribution in [2.75, 3.05) is 20.8 Å². The van der Waals surface area contributed by atoms with Crippen molar-refractivity contribution in [2.45, 2.75) is 19.9 Å². The molecule has 0 atom stereocenters. The van der Waals surface area contributed by atoms with Gasteiger partial charge in [-0.2, -0.15) is 0 Å². The lowest BCUT2D eigenvalue weighted by Crippen LogP contribution is -2.44. The largest absolute Gasteiger partial charge is 0.497 e. The second-order valence-corrected chi connectivity index (χ2v) is 4.82. The number of rotatable bonds is 6. The summed E-state index contributed by atoms with van der Waals surface area (Å²) >= 11 is 0. The molecule has 0 aromatic heterocycles. The molecule has 8 nitrogen and oxygen atoms in total. The molecule has 0 fully saturated rings. The molecule has 1 aromatic rings. The summed E-state index contributed by atoms with van der Waals surface area (Å²) in [6, 6.07) is 3.78. The summed E-state index contributed by atoms with van der Waals surface area (Å²) in [7, 11) is 2.88. The van der Waals surface area contributed by atoms with E-state index in [1.807, 2.05) is 5.32 Å². The lowest BCUT2D eigenvalue weighted by atomic mass is 10.2. The maximum Gasteiger partial charge on any atom is 0.342 e. The van der Waals surface area contributed by atoms with Gasteiger partial charge in [0, 0.05) is 12.1 Å². The molecular weight excluding hydrogens is 304 g/mol. The highest BCUT2D eigenvalue weighted by molar-refractivity contribution is 5.97. The number of ether oxygens (including phenoxy) is 3. The summed E-state index contributed by atoms with van der Waals surface area (Å²) in [5.74, 6) is -0.707. The molecule has 1 aromatic carbocycles.